The average Bonchev–Trinajstić information content (AvgIpc) is 1.65. The zero-order valence-electron chi connectivity index (χ0n) is 64.3. The van der Waals surface area contributed by atoms with E-state index in [1.807, 2.05) is 0 Å². The van der Waals surface area contributed by atoms with Crippen molar-refractivity contribution in [3.05, 3.63) is 0 Å². The fourth-order valence-corrected chi connectivity index (χ4v) is 13.7. The minimum absolute atomic E-state index is 0.104. The lowest BCUT2D eigenvalue weighted by Gasteiger charge is -2.21. The molecule has 3 unspecified atom stereocenters. The van der Waals surface area contributed by atoms with Crippen molar-refractivity contribution in [2.45, 2.75) is 426 Å². The number of ether oxygens (including phenoxy) is 4. The van der Waals surface area contributed by atoms with Crippen molar-refractivity contribution >= 4 is 39.5 Å². The first-order valence-corrected chi connectivity index (χ1v) is 43.9. The zero-order chi connectivity index (χ0) is 72.3. The van der Waals surface area contributed by atoms with Gasteiger partial charge in [-0.25, -0.2) is 9.13 Å². The number of aliphatic hydroxyl groups is 1. The van der Waals surface area contributed by atoms with Crippen LogP contribution < -0.4 is 0 Å². The van der Waals surface area contributed by atoms with E-state index in [-0.39, 0.29) is 25.7 Å². The third kappa shape index (κ3) is 71.1. The van der Waals surface area contributed by atoms with Gasteiger partial charge in [-0.2, -0.15) is 0 Å². The lowest BCUT2D eigenvalue weighted by atomic mass is 9.99. The normalized spacial score (nSPS) is 14.3. The summed E-state index contributed by atoms with van der Waals surface area (Å²) in [5, 5.41) is 10.6. The van der Waals surface area contributed by atoms with Crippen LogP contribution in [0, 0.1) is 17.8 Å². The van der Waals surface area contributed by atoms with Crippen molar-refractivity contribution in [1.29, 1.82) is 0 Å². The summed E-state index contributed by atoms with van der Waals surface area (Å²) in [6.07, 6.45) is 57.1. The molecule has 0 fully saturated rings. The number of hydrogen-bond donors (Lipinski definition) is 3. The van der Waals surface area contributed by atoms with E-state index in [1.54, 1.807) is 0 Å². The maximum atomic E-state index is 13.1. The van der Waals surface area contributed by atoms with Crippen LogP contribution in [0.2, 0.25) is 0 Å². The van der Waals surface area contributed by atoms with Gasteiger partial charge in [0.05, 0.1) is 26.4 Å². The molecular formula is C79H154O17P2. The Labute approximate surface area is 600 Å². The van der Waals surface area contributed by atoms with Crippen LogP contribution in [0.15, 0.2) is 0 Å². The number of carbonyl (C=O) groups excluding carboxylic acids is 4. The molecule has 0 aliphatic heterocycles. The highest BCUT2D eigenvalue weighted by atomic mass is 31.2. The van der Waals surface area contributed by atoms with Gasteiger partial charge in [-0.3, -0.25) is 37.3 Å². The summed E-state index contributed by atoms with van der Waals surface area (Å²) in [5.41, 5.74) is 0. The minimum Gasteiger partial charge on any atom is -0.462 e. The second-order valence-electron chi connectivity index (χ2n) is 29.6. The Bertz CT molecular complexity index is 1910. The molecular weight excluding hydrogens is 1280 g/mol. The number of hydrogen-bond acceptors (Lipinski definition) is 15. The van der Waals surface area contributed by atoms with Crippen LogP contribution in [0.25, 0.3) is 0 Å². The van der Waals surface area contributed by atoms with Gasteiger partial charge in [0.2, 0.25) is 0 Å². The standard InChI is InChI=1S/C79H154O17P2/c1-8-10-11-12-13-14-15-16-17-18-19-20-21-22-27-30-33-39-48-55-62-78(83)95-74(66-89-76(81)60-53-46-38-32-29-26-24-23-25-28-31-36-43-50-57-70(3)4)68-93-97(85,86)91-64-73(80)65-92-98(87,88)94-69-75(67-90-77(82)61-54-47-42-41-44-51-58-71(5)6)96-79(84)63-56-49-40-35-34-37-45-52-59-72(7)9-2/h70-75,80H,8-69H2,1-7H3,(H,85,86)(H,87,88)/t72?,73-,74-,75-/m1/s1. The van der Waals surface area contributed by atoms with Gasteiger partial charge in [0.1, 0.15) is 19.3 Å². The summed E-state index contributed by atoms with van der Waals surface area (Å²) >= 11 is 0. The van der Waals surface area contributed by atoms with Crippen LogP contribution in [-0.2, 0) is 65.4 Å². The number of aliphatic hydroxyl groups excluding tert-OH is 1. The van der Waals surface area contributed by atoms with Gasteiger partial charge in [-0.1, -0.05) is 357 Å². The Balaban J connectivity index is 5.22. The molecule has 0 radical (unpaired) electrons. The topological polar surface area (TPSA) is 237 Å². The summed E-state index contributed by atoms with van der Waals surface area (Å²) in [7, 11) is -9.92. The van der Waals surface area contributed by atoms with Crippen molar-refractivity contribution in [2.75, 3.05) is 39.6 Å². The van der Waals surface area contributed by atoms with Crippen molar-refractivity contribution in [3.63, 3.8) is 0 Å². The Kier molecular flexibility index (Phi) is 68.1. The lowest BCUT2D eigenvalue weighted by Crippen LogP contribution is -2.30. The molecule has 582 valence electrons. The zero-order valence-corrected chi connectivity index (χ0v) is 66.0. The molecule has 0 rings (SSSR count). The highest BCUT2D eigenvalue weighted by Crippen LogP contribution is 2.45. The van der Waals surface area contributed by atoms with Crippen LogP contribution in [0.1, 0.15) is 408 Å². The quantitative estimate of drug-likeness (QED) is 0.0222. The molecule has 0 aliphatic carbocycles. The third-order valence-electron chi connectivity index (χ3n) is 18.7. The molecule has 17 nitrogen and oxygen atoms in total. The molecule has 0 saturated heterocycles. The molecule has 0 aromatic rings. The largest absolute Gasteiger partial charge is 0.472 e. The smallest absolute Gasteiger partial charge is 0.462 e. The maximum Gasteiger partial charge on any atom is 0.472 e. The molecule has 0 aliphatic rings. The summed E-state index contributed by atoms with van der Waals surface area (Å²) in [5.74, 6) is 0.130. The van der Waals surface area contributed by atoms with Crippen molar-refractivity contribution in [2.24, 2.45) is 17.8 Å². The first kappa shape index (κ1) is 96.1. The summed E-state index contributed by atoms with van der Waals surface area (Å²) in [4.78, 5) is 72.9. The molecule has 98 heavy (non-hydrogen) atoms. The molecule has 0 amide bonds. The maximum absolute atomic E-state index is 13.1. The van der Waals surface area contributed by atoms with Crippen molar-refractivity contribution < 1.29 is 80.2 Å². The molecule has 0 aromatic carbocycles. The Morgan fingerprint density at radius 2 is 0.520 bits per heavy atom. The van der Waals surface area contributed by atoms with E-state index in [2.05, 4.69) is 48.5 Å². The highest BCUT2D eigenvalue weighted by molar-refractivity contribution is 7.47. The molecule has 3 N–H and O–H groups in total. The molecule has 0 saturated carbocycles. The lowest BCUT2D eigenvalue weighted by molar-refractivity contribution is -0.161. The molecule has 0 heterocycles. The third-order valence-corrected chi connectivity index (χ3v) is 20.6. The van der Waals surface area contributed by atoms with Gasteiger partial charge in [-0.05, 0) is 43.4 Å². The van der Waals surface area contributed by atoms with Gasteiger partial charge in [0.25, 0.3) is 0 Å². The fraction of sp³-hybridized carbons (Fsp3) is 0.949. The molecule has 0 bridgehead atoms. The highest BCUT2D eigenvalue weighted by Gasteiger charge is 2.30. The van der Waals surface area contributed by atoms with Crippen LogP contribution >= 0.6 is 15.6 Å². The van der Waals surface area contributed by atoms with E-state index in [0.29, 0.717) is 31.6 Å². The van der Waals surface area contributed by atoms with E-state index >= 15 is 0 Å². The number of phosphoric ester groups is 2. The first-order valence-electron chi connectivity index (χ1n) is 40.9. The first-order chi connectivity index (χ1) is 47.3. The number of carbonyl (C=O) groups is 4. The number of rotatable bonds is 77. The molecule has 0 spiro atoms. The van der Waals surface area contributed by atoms with Gasteiger partial charge in [0, 0.05) is 25.7 Å². The van der Waals surface area contributed by atoms with E-state index in [0.717, 1.165) is 108 Å². The predicted octanol–water partition coefficient (Wildman–Crippen LogP) is 23.4. The van der Waals surface area contributed by atoms with Crippen LogP contribution in [0.4, 0.5) is 0 Å². The number of esters is 4. The van der Waals surface area contributed by atoms with Gasteiger partial charge in [-0.15, -0.1) is 0 Å². The molecule has 0 aromatic heterocycles. The minimum atomic E-state index is -4.96. The van der Waals surface area contributed by atoms with E-state index in [1.165, 1.54) is 212 Å². The Morgan fingerprint density at radius 3 is 0.776 bits per heavy atom. The molecule has 6 atom stereocenters. The van der Waals surface area contributed by atoms with Gasteiger partial charge >= 0.3 is 39.5 Å². The van der Waals surface area contributed by atoms with Crippen LogP contribution in [-0.4, -0.2) is 96.7 Å². The van der Waals surface area contributed by atoms with Gasteiger partial charge in [0.15, 0.2) is 12.2 Å². The summed E-state index contributed by atoms with van der Waals surface area (Å²) in [6.45, 7) is 11.9. The number of phosphoric acid groups is 2. The monoisotopic (exact) mass is 1440 g/mol. The Hall–Kier alpha value is -1.94. The van der Waals surface area contributed by atoms with Gasteiger partial charge < -0.3 is 33.8 Å². The second-order valence-corrected chi connectivity index (χ2v) is 32.6. The summed E-state index contributed by atoms with van der Waals surface area (Å²) < 4.78 is 68.6. The van der Waals surface area contributed by atoms with E-state index < -0.39 is 97.5 Å². The SMILES string of the molecule is CCCCCCCCCCCCCCCCCCCCCCC(=O)O[C@H](COC(=O)CCCCCCCCCCCCCCCCC(C)C)COP(=O)(O)OC[C@@H](O)COP(=O)(O)OC[C@@H](COC(=O)CCCCCCCCC(C)C)OC(=O)CCCCCCCCCCC(C)CC. The Morgan fingerprint density at radius 1 is 0.296 bits per heavy atom. The van der Waals surface area contributed by atoms with Crippen LogP contribution in [0.3, 0.4) is 0 Å². The second kappa shape index (κ2) is 69.4. The van der Waals surface area contributed by atoms with Crippen molar-refractivity contribution in [1.82, 2.24) is 0 Å². The van der Waals surface area contributed by atoms with Crippen LogP contribution in [0.5, 0.6) is 0 Å². The average molecular weight is 1440 g/mol. The summed E-state index contributed by atoms with van der Waals surface area (Å²) in [6, 6.07) is 0. The fourth-order valence-electron chi connectivity index (χ4n) is 12.1. The van der Waals surface area contributed by atoms with E-state index in [4.69, 9.17) is 37.0 Å². The number of unbranched alkanes of at least 4 members (excludes halogenated alkanes) is 44. The molecule has 19 heteroatoms. The van der Waals surface area contributed by atoms with E-state index in [9.17, 15) is 43.2 Å². The predicted molar refractivity (Wildman–Crippen MR) is 400 cm³/mol. The van der Waals surface area contributed by atoms with Crippen molar-refractivity contribution in [3.8, 4) is 0 Å².